The smallest absolute Gasteiger partial charge is 0.262 e. The maximum absolute atomic E-state index is 13.4. The number of hydrogen-bond donors (Lipinski definition) is 2. The standard InChI is InChI=1S/C37H35Cl4N3O5/c1-4-9-26-16-25(18-34(47-5-2)35(26)48-22-27-12-13-28(38)19-30(27)40)21-42-44-37(46)32(17-24-10-7-6-8-11-24)43-36(45)23(3)49-33-15-14-29(39)20-31(33)41/h4,6-8,10-16,18-21,23,32H,1,5,9,17,22H2,2-3H3,(H,43,45)(H,44,46)/b42-21-/t23-,32-/m1/s1. The molecule has 0 spiro atoms. The van der Waals surface area contributed by atoms with E-state index in [9.17, 15) is 9.59 Å². The molecule has 0 fully saturated rings. The molecule has 4 aromatic rings. The highest BCUT2D eigenvalue weighted by molar-refractivity contribution is 6.35. The van der Waals surface area contributed by atoms with Gasteiger partial charge in [-0.2, -0.15) is 5.10 Å². The van der Waals surface area contributed by atoms with Crippen molar-refractivity contribution >= 4 is 64.4 Å². The van der Waals surface area contributed by atoms with E-state index in [1.54, 1.807) is 49.4 Å². The van der Waals surface area contributed by atoms with Gasteiger partial charge < -0.3 is 19.5 Å². The average Bonchev–Trinajstić information content (AvgIpc) is 3.06. The Labute approximate surface area is 305 Å². The third-order valence-electron chi connectivity index (χ3n) is 7.08. The number of benzene rings is 4. The normalized spacial score (nSPS) is 12.2. The summed E-state index contributed by atoms with van der Waals surface area (Å²) in [7, 11) is 0. The largest absolute Gasteiger partial charge is 0.490 e. The lowest BCUT2D eigenvalue weighted by Gasteiger charge is -2.21. The predicted molar refractivity (Wildman–Crippen MR) is 197 cm³/mol. The van der Waals surface area contributed by atoms with Crippen molar-refractivity contribution < 1.29 is 23.8 Å². The molecule has 2 amide bonds. The van der Waals surface area contributed by atoms with Gasteiger partial charge in [0.25, 0.3) is 11.8 Å². The highest BCUT2D eigenvalue weighted by atomic mass is 35.5. The molecule has 0 radical (unpaired) electrons. The van der Waals surface area contributed by atoms with Crippen LogP contribution in [0, 0.1) is 0 Å². The highest BCUT2D eigenvalue weighted by Crippen LogP contribution is 2.35. The number of allylic oxidation sites excluding steroid dienone is 1. The first-order valence-electron chi connectivity index (χ1n) is 15.3. The first-order valence-corrected chi connectivity index (χ1v) is 16.8. The Morgan fingerprint density at radius 3 is 2.24 bits per heavy atom. The molecular formula is C37H35Cl4N3O5. The van der Waals surface area contributed by atoms with E-state index < -0.39 is 24.0 Å². The number of carbonyl (C=O) groups is 2. The number of halogens is 4. The van der Waals surface area contributed by atoms with E-state index in [-0.39, 0.29) is 23.8 Å². The number of nitrogens with one attached hydrogen (secondary N) is 2. The van der Waals surface area contributed by atoms with Crippen molar-refractivity contribution in [2.24, 2.45) is 5.10 Å². The second-order valence-corrected chi connectivity index (χ2v) is 12.5. The van der Waals surface area contributed by atoms with Gasteiger partial charge in [0.05, 0.1) is 17.8 Å². The number of amides is 2. The van der Waals surface area contributed by atoms with Gasteiger partial charge >= 0.3 is 0 Å². The second-order valence-electron chi connectivity index (χ2n) is 10.8. The molecule has 0 saturated carbocycles. The maximum atomic E-state index is 13.4. The van der Waals surface area contributed by atoms with Gasteiger partial charge in [-0.3, -0.25) is 9.59 Å². The van der Waals surface area contributed by atoms with Gasteiger partial charge in [0.1, 0.15) is 18.4 Å². The van der Waals surface area contributed by atoms with Crippen LogP contribution in [0.4, 0.5) is 0 Å². The summed E-state index contributed by atoms with van der Waals surface area (Å²) in [5, 5.41) is 8.69. The Balaban J connectivity index is 1.50. The van der Waals surface area contributed by atoms with Crippen molar-refractivity contribution in [3.05, 3.63) is 134 Å². The SMILES string of the molecule is C=CCc1cc(/C=N\NC(=O)[C@@H](Cc2ccccc2)NC(=O)[C@@H](C)Oc2ccc(Cl)cc2Cl)cc(OCC)c1OCc1ccc(Cl)cc1Cl. The first kappa shape index (κ1) is 37.6. The molecule has 0 aliphatic rings. The number of ether oxygens (including phenoxy) is 3. The molecule has 8 nitrogen and oxygen atoms in total. The summed E-state index contributed by atoms with van der Waals surface area (Å²) in [6.07, 6.45) is 2.96. The molecular weight excluding hydrogens is 708 g/mol. The fourth-order valence-corrected chi connectivity index (χ4v) is 5.61. The van der Waals surface area contributed by atoms with Crippen LogP contribution in [0.15, 0.2) is 96.6 Å². The lowest BCUT2D eigenvalue weighted by atomic mass is 10.1. The van der Waals surface area contributed by atoms with Crippen LogP contribution >= 0.6 is 46.4 Å². The molecule has 0 aromatic heterocycles. The van der Waals surface area contributed by atoms with Crippen molar-refractivity contribution in [1.82, 2.24) is 10.7 Å². The van der Waals surface area contributed by atoms with E-state index in [0.717, 1.165) is 16.7 Å². The Bertz CT molecular complexity index is 1800. The molecule has 0 aliphatic carbocycles. The molecule has 49 heavy (non-hydrogen) atoms. The maximum Gasteiger partial charge on any atom is 0.262 e. The fourth-order valence-electron chi connectivity index (χ4n) is 4.69. The number of nitrogens with zero attached hydrogens (tertiary/aromatic N) is 1. The molecule has 256 valence electrons. The number of carbonyl (C=O) groups excluding carboxylic acids is 2. The quantitative estimate of drug-likeness (QED) is 0.0681. The third-order valence-corrected chi connectivity index (χ3v) is 8.19. The van der Waals surface area contributed by atoms with Crippen LogP contribution in [0.25, 0.3) is 0 Å². The van der Waals surface area contributed by atoms with E-state index in [0.29, 0.717) is 45.2 Å². The predicted octanol–water partition coefficient (Wildman–Crippen LogP) is 8.65. The topological polar surface area (TPSA) is 98.3 Å². The van der Waals surface area contributed by atoms with E-state index in [4.69, 9.17) is 60.6 Å². The molecule has 0 unspecified atom stereocenters. The third kappa shape index (κ3) is 11.2. The fraction of sp³-hybridized carbons (Fsp3) is 0.216. The molecule has 0 bridgehead atoms. The molecule has 2 atom stereocenters. The van der Waals surface area contributed by atoms with Crippen LogP contribution in [-0.4, -0.2) is 36.8 Å². The minimum absolute atomic E-state index is 0.189. The van der Waals surface area contributed by atoms with Gasteiger partial charge in [0, 0.05) is 32.6 Å². The van der Waals surface area contributed by atoms with Gasteiger partial charge in [0.15, 0.2) is 17.6 Å². The van der Waals surface area contributed by atoms with E-state index >= 15 is 0 Å². The minimum atomic E-state index is -0.968. The van der Waals surface area contributed by atoms with Gasteiger partial charge in [-0.15, -0.1) is 6.58 Å². The zero-order valence-corrected chi connectivity index (χ0v) is 29.9. The lowest BCUT2D eigenvalue weighted by molar-refractivity contribution is -0.132. The summed E-state index contributed by atoms with van der Waals surface area (Å²) < 4.78 is 17.9. The van der Waals surface area contributed by atoms with Gasteiger partial charge in [-0.1, -0.05) is 88.9 Å². The molecule has 4 rings (SSSR count). The summed E-state index contributed by atoms with van der Waals surface area (Å²) in [5.74, 6) is 0.271. The van der Waals surface area contributed by atoms with Crippen molar-refractivity contribution in [3.63, 3.8) is 0 Å². The Hall–Kier alpha value is -4.21. The second kappa shape index (κ2) is 18.5. The van der Waals surface area contributed by atoms with Crippen molar-refractivity contribution in [2.45, 2.75) is 45.4 Å². The van der Waals surface area contributed by atoms with Crippen LogP contribution < -0.4 is 25.0 Å². The zero-order chi connectivity index (χ0) is 35.3. The van der Waals surface area contributed by atoms with Crippen molar-refractivity contribution in [2.75, 3.05) is 6.61 Å². The Morgan fingerprint density at radius 1 is 0.857 bits per heavy atom. The summed E-state index contributed by atoms with van der Waals surface area (Å²) in [5.41, 5.74) is 5.60. The van der Waals surface area contributed by atoms with Crippen molar-refractivity contribution in [3.8, 4) is 17.2 Å². The molecule has 0 aliphatic heterocycles. The van der Waals surface area contributed by atoms with Crippen LogP contribution in [0.3, 0.4) is 0 Å². The molecule has 2 N–H and O–H groups in total. The molecule has 12 heteroatoms. The average molecular weight is 744 g/mol. The molecule has 0 heterocycles. The van der Waals surface area contributed by atoms with Gasteiger partial charge in [-0.05, 0) is 73.9 Å². The minimum Gasteiger partial charge on any atom is -0.490 e. The van der Waals surface area contributed by atoms with Crippen LogP contribution in [-0.2, 0) is 29.0 Å². The first-order chi connectivity index (χ1) is 23.6. The van der Waals surface area contributed by atoms with Crippen LogP contribution in [0.1, 0.15) is 36.1 Å². The Morgan fingerprint density at radius 2 is 1.57 bits per heavy atom. The van der Waals surface area contributed by atoms with E-state index in [1.807, 2.05) is 43.3 Å². The summed E-state index contributed by atoms with van der Waals surface area (Å²) >= 11 is 24.6. The van der Waals surface area contributed by atoms with Crippen LogP contribution in [0.5, 0.6) is 17.2 Å². The lowest BCUT2D eigenvalue weighted by Crippen LogP contribution is -2.50. The summed E-state index contributed by atoms with van der Waals surface area (Å²) in [6, 6.07) is 21.9. The molecule has 0 saturated heterocycles. The monoisotopic (exact) mass is 741 g/mol. The van der Waals surface area contributed by atoms with E-state index in [2.05, 4.69) is 22.4 Å². The highest BCUT2D eigenvalue weighted by Gasteiger charge is 2.25. The van der Waals surface area contributed by atoms with Crippen LogP contribution in [0.2, 0.25) is 20.1 Å². The van der Waals surface area contributed by atoms with Gasteiger partial charge in [-0.25, -0.2) is 5.43 Å². The summed E-state index contributed by atoms with van der Waals surface area (Å²) in [6.45, 7) is 7.87. The Kier molecular flexibility index (Phi) is 14.2. The molecule has 4 aromatic carbocycles. The zero-order valence-electron chi connectivity index (χ0n) is 26.9. The number of hydrogen-bond acceptors (Lipinski definition) is 6. The van der Waals surface area contributed by atoms with E-state index in [1.165, 1.54) is 12.3 Å². The number of hydrazone groups is 1. The van der Waals surface area contributed by atoms with Crippen molar-refractivity contribution in [1.29, 1.82) is 0 Å². The van der Waals surface area contributed by atoms with Gasteiger partial charge in [0.2, 0.25) is 0 Å². The summed E-state index contributed by atoms with van der Waals surface area (Å²) in [4.78, 5) is 26.6. The number of rotatable bonds is 16.